The molecule has 2 aromatic rings. The van der Waals surface area contributed by atoms with Crippen molar-refractivity contribution < 1.29 is 4.79 Å². The summed E-state index contributed by atoms with van der Waals surface area (Å²) >= 11 is 1.64. The van der Waals surface area contributed by atoms with Crippen molar-refractivity contribution in [2.75, 3.05) is 12.4 Å². The number of hydrogen-bond donors (Lipinski definition) is 1. The first-order valence-electron chi connectivity index (χ1n) is 6.27. The fourth-order valence-corrected chi connectivity index (χ4v) is 3.00. The number of thiazole rings is 1. The van der Waals surface area contributed by atoms with Crippen LogP contribution < -0.4 is 5.32 Å². The molecule has 0 spiro atoms. The average Bonchev–Trinajstić information content (AvgIpc) is 2.91. The number of para-hydroxylation sites is 1. The minimum Gasteiger partial charge on any atom is -0.359 e. The zero-order chi connectivity index (χ0) is 13.4. The third-order valence-corrected chi connectivity index (χ3v) is 4.32. The number of fused-ring (bicyclic) bond motifs is 1. The first kappa shape index (κ1) is 12.2. The van der Waals surface area contributed by atoms with Crippen molar-refractivity contribution in [3.05, 3.63) is 45.9 Å². The Morgan fingerprint density at radius 2 is 2.21 bits per heavy atom. The van der Waals surface area contributed by atoms with Crippen molar-refractivity contribution in [2.45, 2.75) is 19.5 Å². The van der Waals surface area contributed by atoms with Gasteiger partial charge in [0.2, 0.25) is 0 Å². The molecule has 1 unspecified atom stereocenters. The third-order valence-electron chi connectivity index (χ3n) is 3.31. The van der Waals surface area contributed by atoms with Gasteiger partial charge in [-0.15, -0.1) is 11.3 Å². The number of rotatable bonds is 2. The molecule has 1 amide bonds. The van der Waals surface area contributed by atoms with Crippen LogP contribution in [0.15, 0.2) is 29.6 Å². The van der Waals surface area contributed by atoms with Crippen LogP contribution in [-0.2, 0) is 6.42 Å². The average molecular weight is 273 g/mol. The molecule has 98 valence electrons. The van der Waals surface area contributed by atoms with Crippen LogP contribution in [0.5, 0.6) is 0 Å². The van der Waals surface area contributed by atoms with Crippen molar-refractivity contribution in [2.24, 2.45) is 0 Å². The molecule has 1 aliphatic heterocycles. The maximum atomic E-state index is 12.3. The molecule has 0 saturated carbocycles. The third kappa shape index (κ3) is 2.00. The van der Waals surface area contributed by atoms with E-state index in [-0.39, 0.29) is 12.1 Å². The normalized spacial score (nSPS) is 18.1. The molecule has 1 aliphatic rings. The van der Waals surface area contributed by atoms with E-state index in [0.717, 1.165) is 22.8 Å². The number of aryl methyl sites for hydroxylation is 1. The number of benzene rings is 1. The Bertz CT molecular complexity index is 623. The maximum Gasteiger partial charge on any atom is 0.257 e. The topological polar surface area (TPSA) is 45.2 Å². The van der Waals surface area contributed by atoms with E-state index in [0.29, 0.717) is 5.56 Å². The lowest BCUT2D eigenvalue weighted by molar-refractivity contribution is 0.0733. The number of hydrogen-bond acceptors (Lipinski definition) is 4. The van der Waals surface area contributed by atoms with Crippen molar-refractivity contribution in [3.8, 4) is 0 Å². The van der Waals surface area contributed by atoms with Crippen molar-refractivity contribution >= 4 is 22.9 Å². The quantitative estimate of drug-likeness (QED) is 0.915. The Morgan fingerprint density at radius 3 is 2.95 bits per heavy atom. The number of nitrogens with zero attached hydrogens (tertiary/aromatic N) is 2. The lowest BCUT2D eigenvalue weighted by Gasteiger charge is -2.34. The second-order valence-corrected chi connectivity index (χ2v) is 5.47. The number of carbonyl (C=O) groups excluding carboxylic acids is 1. The molecule has 5 heteroatoms. The highest BCUT2D eigenvalue weighted by molar-refractivity contribution is 7.09. The van der Waals surface area contributed by atoms with Gasteiger partial charge >= 0.3 is 0 Å². The molecular weight excluding hydrogens is 258 g/mol. The predicted octanol–water partition coefficient (Wildman–Crippen LogP) is 2.90. The Morgan fingerprint density at radius 1 is 1.42 bits per heavy atom. The van der Waals surface area contributed by atoms with Gasteiger partial charge in [-0.3, -0.25) is 4.79 Å². The molecule has 19 heavy (non-hydrogen) atoms. The summed E-state index contributed by atoms with van der Waals surface area (Å²) in [5.41, 5.74) is 2.50. The van der Waals surface area contributed by atoms with E-state index < -0.39 is 0 Å². The maximum absolute atomic E-state index is 12.3. The van der Waals surface area contributed by atoms with Crippen LogP contribution in [0.1, 0.15) is 34.1 Å². The highest BCUT2D eigenvalue weighted by Crippen LogP contribution is 2.32. The van der Waals surface area contributed by atoms with Crippen LogP contribution in [0.4, 0.5) is 5.69 Å². The number of anilines is 1. The van der Waals surface area contributed by atoms with E-state index in [9.17, 15) is 4.79 Å². The van der Waals surface area contributed by atoms with Gasteiger partial charge in [-0.2, -0.15) is 0 Å². The Kier molecular flexibility index (Phi) is 2.98. The molecule has 1 N–H and O–H groups in total. The Labute approximate surface area is 116 Å². The van der Waals surface area contributed by atoms with Crippen molar-refractivity contribution in [3.63, 3.8) is 0 Å². The van der Waals surface area contributed by atoms with Gasteiger partial charge in [0.25, 0.3) is 5.91 Å². The van der Waals surface area contributed by atoms with Gasteiger partial charge in [-0.1, -0.05) is 19.1 Å². The van der Waals surface area contributed by atoms with Gasteiger partial charge in [-0.25, -0.2) is 4.98 Å². The Balaban J connectivity index is 1.99. The molecule has 2 heterocycles. The minimum absolute atomic E-state index is 0.0328. The summed E-state index contributed by atoms with van der Waals surface area (Å²) in [5, 5.41) is 6.50. The summed E-state index contributed by atoms with van der Waals surface area (Å²) in [7, 11) is 1.81. The molecule has 0 bridgehead atoms. The van der Waals surface area contributed by atoms with E-state index in [1.54, 1.807) is 23.3 Å². The van der Waals surface area contributed by atoms with Crippen LogP contribution in [-0.4, -0.2) is 22.8 Å². The highest BCUT2D eigenvalue weighted by Gasteiger charge is 2.31. The molecule has 0 aliphatic carbocycles. The van der Waals surface area contributed by atoms with Crippen LogP contribution in [0.3, 0.4) is 0 Å². The molecule has 0 radical (unpaired) electrons. The summed E-state index contributed by atoms with van der Waals surface area (Å²) in [4.78, 5) is 18.6. The zero-order valence-corrected chi connectivity index (χ0v) is 11.7. The molecule has 3 rings (SSSR count). The van der Waals surface area contributed by atoms with Gasteiger partial charge < -0.3 is 10.2 Å². The molecule has 0 saturated heterocycles. The number of nitrogens with one attached hydrogen (secondary N) is 1. The number of aromatic nitrogens is 1. The molecule has 1 atom stereocenters. The first-order chi connectivity index (χ1) is 9.20. The second-order valence-electron chi connectivity index (χ2n) is 4.53. The lowest BCUT2D eigenvalue weighted by atomic mass is 10.1. The Hall–Kier alpha value is -1.88. The fourth-order valence-electron chi connectivity index (χ4n) is 2.23. The summed E-state index contributed by atoms with van der Waals surface area (Å²) < 4.78 is 0. The predicted molar refractivity (Wildman–Crippen MR) is 76.4 cm³/mol. The molecule has 1 aromatic carbocycles. The summed E-state index contributed by atoms with van der Waals surface area (Å²) in [5.74, 6) is 0.0328. The molecular formula is C14H15N3OS. The van der Waals surface area contributed by atoms with Gasteiger partial charge in [0.05, 0.1) is 16.3 Å². The smallest absolute Gasteiger partial charge is 0.257 e. The van der Waals surface area contributed by atoms with Gasteiger partial charge in [0.15, 0.2) is 0 Å². The van der Waals surface area contributed by atoms with E-state index in [1.165, 1.54) is 0 Å². The largest absolute Gasteiger partial charge is 0.359 e. The molecule has 0 fully saturated rings. The SMILES string of the molecule is CCc1nc(C2Nc3ccccc3C(=O)N2C)cs1. The van der Waals surface area contributed by atoms with E-state index in [1.807, 2.05) is 29.6 Å². The molecule has 1 aromatic heterocycles. The summed E-state index contributed by atoms with van der Waals surface area (Å²) in [6.45, 7) is 2.08. The van der Waals surface area contributed by atoms with E-state index in [4.69, 9.17) is 0 Å². The van der Waals surface area contributed by atoms with Crippen LogP contribution in [0, 0.1) is 0 Å². The fraction of sp³-hybridized carbons (Fsp3) is 0.286. The van der Waals surface area contributed by atoms with Crippen molar-refractivity contribution in [1.29, 1.82) is 0 Å². The monoisotopic (exact) mass is 273 g/mol. The van der Waals surface area contributed by atoms with Crippen LogP contribution in [0.2, 0.25) is 0 Å². The summed E-state index contributed by atoms with van der Waals surface area (Å²) in [6.07, 6.45) is 0.741. The van der Waals surface area contributed by atoms with E-state index in [2.05, 4.69) is 17.2 Å². The first-order valence-corrected chi connectivity index (χ1v) is 7.15. The minimum atomic E-state index is -0.182. The molecule has 4 nitrogen and oxygen atoms in total. The number of carbonyl (C=O) groups is 1. The van der Waals surface area contributed by atoms with Crippen LogP contribution >= 0.6 is 11.3 Å². The van der Waals surface area contributed by atoms with Crippen LogP contribution in [0.25, 0.3) is 0 Å². The zero-order valence-electron chi connectivity index (χ0n) is 10.9. The van der Waals surface area contributed by atoms with Gasteiger partial charge in [0.1, 0.15) is 6.17 Å². The highest BCUT2D eigenvalue weighted by atomic mass is 32.1. The second kappa shape index (κ2) is 4.66. The van der Waals surface area contributed by atoms with Gasteiger partial charge in [-0.05, 0) is 18.6 Å². The standard InChI is InChI=1S/C14H15N3OS/c1-3-12-15-11(8-19-12)13-16-10-7-5-4-6-9(10)14(18)17(13)2/h4-8,13,16H,3H2,1-2H3. The summed E-state index contributed by atoms with van der Waals surface area (Å²) in [6, 6.07) is 7.58. The number of amides is 1. The van der Waals surface area contributed by atoms with E-state index >= 15 is 0 Å². The lowest BCUT2D eigenvalue weighted by Crippen LogP contribution is -2.40. The van der Waals surface area contributed by atoms with Crippen molar-refractivity contribution in [1.82, 2.24) is 9.88 Å². The van der Waals surface area contributed by atoms with Gasteiger partial charge in [0, 0.05) is 18.1 Å².